The van der Waals surface area contributed by atoms with Gasteiger partial charge in [0.25, 0.3) is 5.91 Å². The Kier molecular flexibility index (Phi) is 7.40. The van der Waals surface area contributed by atoms with Crippen molar-refractivity contribution in [2.45, 2.75) is 38.3 Å². The predicted molar refractivity (Wildman–Crippen MR) is 130 cm³/mol. The van der Waals surface area contributed by atoms with Crippen LogP contribution in [0.15, 0.2) is 66.9 Å². The zero-order chi connectivity index (χ0) is 24.8. The largest absolute Gasteiger partial charge is 0.480 e. The minimum Gasteiger partial charge on any atom is -0.480 e. The number of alkyl carbamates (subject to hydrolysis) is 1. The van der Waals surface area contributed by atoms with Crippen molar-refractivity contribution < 1.29 is 24.2 Å². The second-order valence-corrected chi connectivity index (χ2v) is 8.37. The molecule has 4 rings (SSSR count). The van der Waals surface area contributed by atoms with E-state index in [0.29, 0.717) is 18.5 Å². The first-order valence-corrected chi connectivity index (χ1v) is 11.6. The third kappa shape index (κ3) is 5.48. The Morgan fingerprint density at radius 2 is 1.69 bits per heavy atom. The van der Waals surface area contributed by atoms with Gasteiger partial charge in [-0.05, 0) is 40.8 Å². The molecule has 0 unspecified atom stereocenters. The maximum Gasteiger partial charge on any atom is 0.407 e. The maximum absolute atomic E-state index is 12.5. The highest BCUT2D eigenvalue weighted by Crippen LogP contribution is 2.44. The van der Waals surface area contributed by atoms with Gasteiger partial charge in [-0.15, -0.1) is 0 Å². The summed E-state index contributed by atoms with van der Waals surface area (Å²) in [6.07, 6.45) is 1.82. The van der Waals surface area contributed by atoms with E-state index in [1.54, 1.807) is 0 Å². The number of aliphatic carboxylic acids is 1. The number of benzene rings is 2. The van der Waals surface area contributed by atoms with Crippen LogP contribution in [0.4, 0.5) is 4.79 Å². The van der Waals surface area contributed by atoms with Crippen molar-refractivity contribution >= 4 is 18.0 Å². The van der Waals surface area contributed by atoms with Gasteiger partial charge in [-0.1, -0.05) is 61.9 Å². The van der Waals surface area contributed by atoms with Gasteiger partial charge < -0.3 is 20.5 Å². The molecule has 1 aliphatic carbocycles. The first-order chi connectivity index (χ1) is 17.0. The Labute approximate surface area is 203 Å². The molecule has 1 aromatic heterocycles. The van der Waals surface area contributed by atoms with Crippen LogP contribution in [0.1, 0.15) is 52.9 Å². The number of nitrogens with zero attached hydrogens (tertiary/aromatic N) is 1. The molecule has 8 nitrogen and oxygen atoms in total. The summed E-state index contributed by atoms with van der Waals surface area (Å²) in [5.41, 5.74) is 5.29. The molecule has 8 heteroatoms. The van der Waals surface area contributed by atoms with Crippen LogP contribution in [0.3, 0.4) is 0 Å². The summed E-state index contributed by atoms with van der Waals surface area (Å²) in [6, 6.07) is 18.3. The van der Waals surface area contributed by atoms with Crippen LogP contribution >= 0.6 is 0 Å². The highest BCUT2D eigenvalue weighted by molar-refractivity contribution is 5.96. The minimum atomic E-state index is -1.08. The Bertz CT molecular complexity index is 1200. The molecule has 1 aliphatic rings. The molecule has 0 spiro atoms. The molecule has 3 N–H and O–H groups in total. The number of carboxylic acid groups (broad SMARTS) is 1. The summed E-state index contributed by atoms with van der Waals surface area (Å²) in [6.45, 7) is 2.11. The van der Waals surface area contributed by atoms with Crippen molar-refractivity contribution in [1.29, 1.82) is 0 Å². The number of carbonyl (C=O) groups is 3. The summed E-state index contributed by atoms with van der Waals surface area (Å²) in [5.74, 6) is -1.62. The zero-order valence-corrected chi connectivity index (χ0v) is 19.4. The van der Waals surface area contributed by atoms with Crippen LogP contribution in [-0.2, 0) is 16.1 Å². The first-order valence-electron chi connectivity index (χ1n) is 11.6. The number of amides is 2. The van der Waals surface area contributed by atoms with Crippen molar-refractivity contribution in [2.24, 2.45) is 0 Å². The molecule has 0 saturated heterocycles. The highest BCUT2D eigenvalue weighted by Gasteiger charge is 2.29. The number of ether oxygens (including phenoxy) is 1. The Hall–Kier alpha value is -4.20. The van der Waals surface area contributed by atoms with E-state index >= 15 is 0 Å². The molecule has 1 heterocycles. The van der Waals surface area contributed by atoms with Crippen LogP contribution in [0.5, 0.6) is 0 Å². The lowest BCUT2D eigenvalue weighted by molar-refractivity contribution is -0.139. The van der Waals surface area contributed by atoms with E-state index in [9.17, 15) is 19.5 Å². The molecule has 0 fully saturated rings. The number of carboxylic acids is 1. The average Bonchev–Trinajstić information content (AvgIpc) is 3.19. The lowest BCUT2D eigenvalue weighted by Crippen LogP contribution is -2.40. The fourth-order valence-corrected chi connectivity index (χ4v) is 4.32. The second-order valence-electron chi connectivity index (χ2n) is 8.37. The number of rotatable bonds is 9. The molecule has 2 aromatic carbocycles. The Morgan fingerprint density at radius 3 is 2.31 bits per heavy atom. The van der Waals surface area contributed by atoms with Gasteiger partial charge in [-0.2, -0.15) is 0 Å². The van der Waals surface area contributed by atoms with Crippen molar-refractivity contribution in [1.82, 2.24) is 15.6 Å². The van der Waals surface area contributed by atoms with Crippen molar-refractivity contribution in [3.63, 3.8) is 0 Å². The van der Waals surface area contributed by atoms with E-state index in [1.807, 2.05) is 31.2 Å². The van der Waals surface area contributed by atoms with Gasteiger partial charge in [0.05, 0.1) is 12.2 Å². The number of nitrogens with one attached hydrogen (secondary N) is 2. The highest BCUT2D eigenvalue weighted by atomic mass is 16.5. The molecular weight excluding hydrogens is 446 g/mol. The summed E-state index contributed by atoms with van der Waals surface area (Å²) in [4.78, 5) is 40.3. The molecular formula is C27H27N3O5. The van der Waals surface area contributed by atoms with E-state index < -0.39 is 24.0 Å². The molecule has 35 heavy (non-hydrogen) atoms. The summed E-state index contributed by atoms with van der Waals surface area (Å²) in [5, 5.41) is 14.4. The number of carbonyl (C=O) groups excluding carboxylic acids is 2. The number of hydrogen-bond acceptors (Lipinski definition) is 5. The van der Waals surface area contributed by atoms with Crippen molar-refractivity contribution in [3.8, 4) is 11.1 Å². The lowest BCUT2D eigenvalue weighted by Gasteiger charge is -2.15. The minimum absolute atomic E-state index is 0.0383. The molecule has 2 amide bonds. The Morgan fingerprint density at radius 1 is 1.03 bits per heavy atom. The second kappa shape index (κ2) is 10.8. The van der Waals surface area contributed by atoms with E-state index in [2.05, 4.69) is 39.9 Å². The van der Waals surface area contributed by atoms with Crippen molar-refractivity contribution in [2.75, 3.05) is 6.61 Å². The van der Waals surface area contributed by atoms with Gasteiger partial charge in [0, 0.05) is 17.7 Å². The third-order valence-corrected chi connectivity index (χ3v) is 6.02. The van der Waals surface area contributed by atoms with Crippen LogP contribution < -0.4 is 10.6 Å². The van der Waals surface area contributed by atoms with E-state index in [4.69, 9.17) is 4.74 Å². The normalized spacial score (nSPS) is 12.8. The molecule has 180 valence electrons. The SMILES string of the molecule is CCC[C@@H](NC(=O)c1ccnc(CNC(=O)OCC2c3ccccc3-c3ccccc32)c1)C(=O)O. The summed E-state index contributed by atoms with van der Waals surface area (Å²) < 4.78 is 5.52. The zero-order valence-electron chi connectivity index (χ0n) is 19.4. The summed E-state index contributed by atoms with van der Waals surface area (Å²) >= 11 is 0. The van der Waals surface area contributed by atoms with Crippen molar-refractivity contribution in [3.05, 3.63) is 89.2 Å². The molecule has 0 saturated carbocycles. The lowest BCUT2D eigenvalue weighted by atomic mass is 9.98. The Balaban J connectivity index is 1.34. The number of hydrogen-bond donors (Lipinski definition) is 3. The number of fused-ring (bicyclic) bond motifs is 3. The predicted octanol–water partition coefficient (Wildman–Crippen LogP) is 4.10. The molecule has 1 atom stereocenters. The molecule has 3 aromatic rings. The topological polar surface area (TPSA) is 118 Å². The van der Waals surface area contributed by atoms with Gasteiger partial charge in [-0.25, -0.2) is 9.59 Å². The third-order valence-electron chi connectivity index (χ3n) is 6.02. The van der Waals surface area contributed by atoms with E-state index in [1.165, 1.54) is 18.3 Å². The monoisotopic (exact) mass is 473 g/mol. The van der Waals surface area contributed by atoms with Gasteiger partial charge in [0.1, 0.15) is 12.6 Å². The van der Waals surface area contributed by atoms with Gasteiger partial charge in [-0.3, -0.25) is 9.78 Å². The van der Waals surface area contributed by atoms with Crippen LogP contribution in [0, 0.1) is 0 Å². The molecule has 0 aliphatic heterocycles. The first kappa shape index (κ1) is 23.9. The standard InChI is InChI=1S/C27H27N3O5/c1-2-7-24(26(32)33)30-25(31)17-12-13-28-18(14-17)15-29-27(34)35-16-23-21-10-5-3-8-19(21)20-9-4-6-11-22(20)23/h3-6,8-14,23-24H,2,7,15-16H2,1H3,(H,29,34)(H,30,31)(H,32,33)/t24-/m1/s1. The van der Waals surface area contributed by atoms with Crippen LogP contribution in [-0.4, -0.2) is 40.7 Å². The van der Waals surface area contributed by atoms with E-state index in [0.717, 1.165) is 22.3 Å². The average molecular weight is 474 g/mol. The van der Waals surface area contributed by atoms with Gasteiger partial charge in [0.2, 0.25) is 0 Å². The maximum atomic E-state index is 12.5. The quantitative estimate of drug-likeness (QED) is 0.431. The molecule has 0 radical (unpaired) electrons. The smallest absolute Gasteiger partial charge is 0.407 e. The van der Waals surface area contributed by atoms with Gasteiger partial charge >= 0.3 is 12.1 Å². The number of pyridine rings is 1. The summed E-state index contributed by atoms with van der Waals surface area (Å²) in [7, 11) is 0. The van der Waals surface area contributed by atoms with Crippen LogP contribution in [0.25, 0.3) is 11.1 Å². The fraction of sp³-hybridized carbons (Fsp3) is 0.259. The van der Waals surface area contributed by atoms with Crippen LogP contribution in [0.2, 0.25) is 0 Å². The van der Waals surface area contributed by atoms with Gasteiger partial charge in [0.15, 0.2) is 0 Å². The number of aromatic nitrogens is 1. The molecule has 0 bridgehead atoms. The van der Waals surface area contributed by atoms with E-state index in [-0.39, 0.29) is 24.6 Å². The fourth-order valence-electron chi connectivity index (χ4n) is 4.32.